The van der Waals surface area contributed by atoms with Crippen LogP contribution >= 0.6 is 11.3 Å². The van der Waals surface area contributed by atoms with Crippen LogP contribution in [-0.4, -0.2) is 15.7 Å². The number of aryl methyl sites for hydroxylation is 2. The fourth-order valence-corrected chi connectivity index (χ4v) is 3.49. The second-order valence-electron chi connectivity index (χ2n) is 6.19. The fraction of sp³-hybridized carbons (Fsp3) is 0.300. The number of rotatable bonds is 7. The summed E-state index contributed by atoms with van der Waals surface area (Å²) in [6.07, 6.45) is 1.76. The van der Waals surface area contributed by atoms with E-state index in [0.29, 0.717) is 11.5 Å². The molecular weight excluding hydrogens is 346 g/mol. The molecule has 3 aromatic rings. The number of hydrogen-bond donors (Lipinski definition) is 1. The van der Waals surface area contributed by atoms with Crippen LogP contribution < -0.4 is 10.1 Å². The molecule has 0 spiro atoms. The second kappa shape index (κ2) is 8.19. The van der Waals surface area contributed by atoms with Crippen molar-refractivity contribution in [1.82, 2.24) is 15.1 Å². The Bertz CT molecular complexity index is 867. The predicted molar refractivity (Wildman–Crippen MR) is 104 cm³/mol. The first-order valence-electron chi connectivity index (χ1n) is 8.66. The van der Waals surface area contributed by atoms with E-state index in [1.807, 2.05) is 67.2 Å². The number of nitrogens with one attached hydrogen (secondary N) is 1. The molecule has 1 N–H and O–H groups in total. The van der Waals surface area contributed by atoms with Crippen molar-refractivity contribution in [3.05, 3.63) is 69.7 Å². The molecule has 0 aliphatic heterocycles. The Morgan fingerprint density at radius 3 is 2.81 bits per heavy atom. The zero-order chi connectivity index (χ0) is 18.5. The summed E-state index contributed by atoms with van der Waals surface area (Å²) >= 11 is 1.43. The lowest BCUT2D eigenvalue weighted by Gasteiger charge is -2.14. The summed E-state index contributed by atoms with van der Waals surface area (Å²) in [6.45, 7) is 7.27. The van der Waals surface area contributed by atoms with E-state index in [1.54, 1.807) is 6.20 Å². The molecule has 0 fully saturated rings. The van der Waals surface area contributed by atoms with Gasteiger partial charge in [-0.25, -0.2) is 0 Å². The molecule has 0 saturated heterocycles. The number of carbonyl (C=O) groups excluding carboxylic acids is 1. The number of ether oxygens (including phenoxy) is 1. The highest BCUT2D eigenvalue weighted by Gasteiger charge is 2.16. The van der Waals surface area contributed by atoms with Gasteiger partial charge < -0.3 is 10.1 Å². The quantitative estimate of drug-likeness (QED) is 0.674. The summed E-state index contributed by atoms with van der Waals surface area (Å²) < 4.78 is 7.66. The van der Waals surface area contributed by atoms with Crippen molar-refractivity contribution in [2.24, 2.45) is 0 Å². The molecule has 0 aliphatic carbocycles. The highest BCUT2D eigenvalue weighted by molar-refractivity contribution is 7.12. The molecule has 0 bridgehead atoms. The van der Waals surface area contributed by atoms with Gasteiger partial charge in [-0.1, -0.05) is 17.7 Å². The third kappa shape index (κ3) is 4.32. The van der Waals surface area contributed by atoms with Gasteiger partial charge in [0, 0.05) is 18.3 Å². The van der Waals surface area contributed by atoms with Crippen molar-refractivity contribution in [2.75, 3.05) is 0 Å². The van der Waals surface area contributed by atoms with Crippen molar-refractivity contribution in [3.63, 3.8) is 0 Å². The Hall–Kier alpha value is -2.60. The number of benzene rings is 1. The summed E-state index contributed by atoms with van der Waals surface area (Å²) in [5.41, 5.74) is 3.19. The monoisotopic (exact) mass is 369 g/mol. The van der Waals surface area contributed by atoms with Crippen LogP contribution in [-0.2, 0) is 13.2 Å². The van der Waals surface area contributed by atoms with Crippen LogP contribution in [0.15, 0.2) is 48.0 Å². The molecule has 2 aromatic heterocycles. The predicted octanol–water partition coefficient (Wildman–Crippen LogP) is 4.34. The molecule has 2 heterocycles. The van der Waals surface area contributed by atoms with Gasteiger partial charge in [0.15, 0.2) is 0 Å². The second-order valence-corrected chi connectivity index (χ2v) is 7.10. The van der Waals surface area contributed by atoms with E-state index in [-0.39, 0.29) is 11.9 Å². The third-order valence-electron chi connectivity index (χ3n) is 4.14. The van der Waals surface area contributed by atoms with Crippen LogP contribution in [0.1, 0.15) is 46.4 Å². The van der Waals surface area contributed by atoms with Crippen molar-refractivity contribution in [1.29, 1.82) is 0 Å². The number of amides is 1. The summed E-state index contributed by atoms with van der Waals surface area (Å²) in [6, 6.07) is 11.7. The molecule has 1 aromatic carbocycles. The number of aromatic nitrogens is 2. The van der Waals surface area contributed by atoms with Crippen LogP contribution in [0.2, 0.25) is 0 Å². The minimum atomic E-state index is -0.0979. The molecule has 1 atom stereocenters. The van der Waals surface area contributed by atoms with Gasteiger partial charge >= 0.3 is 0 Å². The lowest BCUT2D eigenvalue weighted by molar-refractivity contribution is 0.0942. The molecule has 3 rings (SSSR count). The molecule has 1 unspecified atom stereocenters. The van der Waals surface area contributed by atoms with E-state index in [4.69, 9.17) is 4.74 Å². The van der Waals surface area contributed by atoms with Crippen molar-refractivity contribution in [3.8, 4) is 5.75 Å². The normalized spacial score (nSPS) is 12.0. The third-order valence-corrected chi connectivity index (χ3v) is 5.12. The Morgan fingerprint density at radius 1 is 1.31 bits per heavy atom. The van der Waals surface area contributed by atoms with Gasteiger partial charge in [-0.2, -0.15) is 5.10 Å². The minimum absolute atomic E-state index is 0.0760. The van der Waals surface area contributed by atoms with Gasteiger partial charge in [-0.15, -0.1) is 11.3 Å². The SMILES string of the molecule is CCn1nccc1C(C)NC(=O)c1cc(COc2ccc(C)cc2)cs1. The van der Waals surface area contributed by atoms with Crippen molar-refractivity contribution >= 4 is 17.2 Å². The van der Waals surface area contributed by atoms with Crippen LogP contribution in [0.3, 0.4) is 0 Å². The van der Waals surface area contributed by atoms with E-state index >= 15 is 0 Å². The average Bonchev–Trinajstić information content (AvgIpc) is 3.30. The maximum atomic E-state index is 12.5. The standard InChI is InChI=1S/C20H23N3O2S/c1-4-23-18(9-10-21-23)15(3)22-20(24)19-11-16(13-26-19)12-25-17-7-5-14(2)6-8-17/h5-11,13,15H,4,12H2,1-3H3,(H,22,24). The van der Waals surface area contributed by atoms with Gasteiger partial charge in [-0.3, -0.25) is 9.48 Å². The highest BCUT2D eigenvalue weighted by atomic mass is 32.1. The highest BCUT2D eigenvalue weighted by Crippen LogP contribution is 2.20. The first kappa shape index (κ1) is 18.2. The van der Waals surface area contributed by atoms with Crippen molar-refractivity contribution in [2.45, 2.75) is 40.0 Å². The number of thiophene rings is 1. The number of hydrogen-bond acceptors (Lipinski definition) is 4. The summed E-state index contributed by atoms with van der Waals surface area (Å²) in [7, 11) is 0. The average molecular weight is 369 g/mol. The fourth-order valence-electron chi connectivity index (χ4n) is 2.69. The topological polar surface area (TPSA) is 56.2 Å². The van der Waals surface area contributed by atoms with Crippen LogP contribution in [0.5, 0.6) is 5.75 Å². The van der Waals surface area contributed by atoms with Gasteiger partial charge in [0.05, 0.1) is 16.6 Å². The van der Waals surface area contributed by atoms with E-state index in [9.17, 15) is 4.79 Å². The minimum Gasteiger partial charge on any atom is -0.489 e. The largest absolute Gasteiger partial charge is 0.489 e. The Kier molecular flexibility index (Phi) is 5.73. The zero-order valence-electron chi connectivity index (χ0n) is 15.2. The summed E-state index contributed by atoms with van der Waals surface area (Å²) in [4.78, 5) is 13.2. The lowest BCUT2D eigenvalue weighted by Crippen LogP contribution is -2.27. The molecule has 26 heavy (non-hydrogen) atoms. The number of nitrogens with zero attached hydrogens (tertiary/aromatic N) is 2. The van der Waals surface area contributed by atoms with Crippen LogP contribution in [0.4, 0.5) is 0 Å². The first-order chi connectivity index (χ1) is 12.6. The zero-order valence-corrected chi connectivity index (χ0v) is 16.0. The molecule has 0 aliphatic rings. The molecular formula is C20H23N3O2S. The molecule has 0 saturated carbocycles. The summed E-state index contributed by atoms with van der Waals surface area (Å²) in [5.74, 6) is 0.752. The molecule has 6 heteroatoms. The van der Waals surface area contributed by atoms with E-state index in [2.05, 4.69) is 10.4 Å². The number of carbonyl (C=O) groups is 1. The van der Waals surface area contributed by atoms with Gasteiger partial charge in [0.25, 0.3) is 5.91 Å². The van der Waals surface area contributed by atoms with Crippen LogP contribution in [0.25, 0.3) is 0 Å². The van der Waals surface area contributed by atoms with Gasteiger partial charge in [-0.05, 0) is 50.4 Å². The molecule has 136 valence electrons. The van der Waals surface area contributed by atoms with Crippen molar-refractivity contribution < 1.29 is 9.53 Å². The molecule has 1 amide bonds. The van der Waals surface area contributed by atoms with Gasteiger partial charge in [0.1, 0.15) is 12.4 Å². The molecule has 5 nitrogen and oxygen atoms in total. The lowest BCUT2D eigenvalue weighted by atomic mass is 10.2. The Labute approximate surface area is 157 Å². The molecule has 0 radical (unpaired) electrons. The van der Waals surface area contributed by atoms with Gasteiger partial charge in [0.2, 0.25) is 0 Å². The maximum absolute atomic E-state index is 12.5. The smallest absolute Gasteiger partial charge is 0.261 e. The Balaban J connectivity index is 1.58. The first-order valence-corrected chi connectivity index (χ1v) is 9.54. The van der Waals surface area contributed by atoms with E-state index in [0.717, 1.165) is 23.6 Å². The maximum Gasteiger partial charge on any atom is 0.261 e. The van der Waals surface area contributed by atoms with Crippen LogP contribution in [0, 0.1) is 6.92 Å². The Morgan fingerprint density at radius 2 is 2.08 bits per heavy atom. The summed E-state index contributed by atoms with van der Waals surface area (Å²) in [5, 5.41) is 9.25. The van der Waals surface area contributed by atoms with E-state index < -0.39 is 0 Å². The van der Waals surface area contributed by atoms with E-state index in [1.165, 1.54) is 16.9 Å².